The topological polar surface area (TPSA) is 91.8 Å². The summed E-state index contributed by atoms with van der Waals surface area (Å²) in [5, 5.41) is 2.95. The van der Waals surface area contributed by atoms with E-state index in [2.05, 4.69) is 15.2 Å². The van der Waals surface area contributed by atoms with Crippen LogP contribution in [0.15, 0.2) is 48.7 Å². The van der Waals surface area contributed by atoms with Crippen molar-refractivity contribution in [1.29, 1.82) is 0 Å². The van der Waals surface area contributed by atoms with Crippen molar-refractivity contribution in [2.45, 2.75) is 39.7 Å². The summed E-state index contributed by atoms with van der Waals surface area (Å²) in [6.45, 7) is 8.51. The Hall–Kier alpha value is -3.42. The molecule has 1 atom stereocenters. The highest BCUT2D eigenvalue weighted by atomic mass is 16.5. The minimum atomic E-state index is -0.707. The molecule has 0 aliphatic carbocycles. The highest BCUT2D eigenvalue weighted by Crippen LogP contribution is 2.20. The number of benzene rings is 1. The van der Waals surface area contributed by atoms with E-state index >= 15 is 0 Å². The second-order valence-electron chi connectivity index (χ2n) is 8.80. The van der Waals surface area contributed by atoms with Gasteiger partial charge in [0.05, 0.1) is 12.2 Å². The normalized spacial score (nSPS) is 14.9. The van der Waals surface area contributed by atoms with Gasteiger partial charge < -0.3 is 19.9 Å². The third-order valence-electron chi connectivity index (χ3n) is 5.67. The first-order valence-corrected chi connectivity index (χ1v) is 11.9. The standard InChI is InChI=1S/C26H34N4O4/c1-4-34-26(33)21-11-12-22(27-18-21)29-13-8-14-30(16-15-29)25(32)24(20-9-6-5-7-10-20)28-23(31)17-19(2)3/h5-7,9-12,18-19,24H,4,8,13-17H2,1-3H3,(H,28,31). The van der Waals surface area contributed by atoms with Crippen molar-refractivity contribution in [1.82, 2.24) is 15.2 Å². The smallest absolute Gasteiger partial charge is 0.339 e. The van der Waals surface area contributed by atoms with Crippen LogP contribution in [-0.4, -0.2) is 60.5 Å². The van der Waals surface area contributed by atoms with Crippen LogP contribution in [-0.2, 0) is 14.3 Å². The summed E-state index contributed by atoms with van der Waals surface area (Å²) in [6.07, 6.45) is 2.67. The lowest BCUT2D eigenvalue weighted by Gasteiger charge is -2.27. The number of nitrogens with zero attached hydrogens (tertiary/aromatic N) is 3. The predicted octanol–water partition coefficient (Wildman–Crippen LogP) is 3.20. The molecule has 1 fully saturated rings. The second-order valence-corrected chi connectivity index (χ2v) is 8.80. The Morgan fingerprint density at radius 2 is 1.79 bits per heavy atom. The Balaban J connectivity index is 1.68. The van der Waals surface area contributed by atoms with Crippen LogP contribution in [0.4, 0.5) is 5.82 Å². The van der Waals surface area contributed by atoms with E-state index in [1.54, 1.807) is 13.0 Å². The Bertz CT molecular complexity index is 963. The number of anilines is 1. The van der Waals surface area contributed by atoms with Gasteiger partial charge in [-0.15, -0.1) is 0 Å². The maximum atomic E-state index is 13.5. The first-order chi connectivity index (χ1) is 16.4. The number of carbonyl (C=O) groups is 3. The Morgan fingerprint density at radius 3 is 2.44 bits per heavy atom. The molecule has 182 valence electrons. The maximum Gasteiger partial charge on any atom is 0.339 e. The average molecular weight is 467 g/mol. The number of ether oxygens (including phenoxy) is 1. The van der Waals surface area contributed by atoms with Crippen molar-refractivity contribution < 1.29 is 19.1 Å². The van der Waals surface area contributed by atoms with E-state index < -0.39 is 6.04 Å². The molecular weight excluding hydrogens is 432 g/mol. The van der Waals surface area contributed by atoms with Crippen LogP contribution < -0.4 is 10.2 Å². The number of hydrogen-bond donors (Lipinski definition) is 1. The maximum absolute atomic E-state index is 13.5. The number of hydrogen-bond acceptors (Lipinski definition) is 6. The zero-order chi connectivity index (χ0) is 24.5. The van der Waals surface area contributed by atoms with Crippen LogP contribution in [0.25, 0.3) is 0 Å². The number of amides is 2. The zero-order valence-corrected chi connectivity index (χ0v) is 20.2. The van der Waals surface area contributed by atoms with Gasteiger partial charge in [-0.05, 0) is 37.0 Å². The highest BCUT2D eigenvalue weighted by Gasteiger charge is 2.29. The number of carbonyl (C=O) groups excluding carboxylic acids is 3. The van der Waals surface area contributed by atoms with E-state index in [9.17, 15) is 14.4 Å². The fourth-order valence-corrected chi connectivity index (χ4v) is 3.98. The summed E-state index contributed by atoms with van der Waals surface area (Å²) in [4.78, 5) is 46.3. The molecule has 2 amide bonds. The van der Waals surface area contributed by atoms with E-state index in [1.165, 1.54) is 6.20 Å². The minimum Gasteiger partial charge on any atom is -0.462 e. The van der Waals surface area contributed by atoms with E-state index in [0.717, 1.165) is 24.3 Å². The van der Waals surface area contributed by atoms with Gasteiger partial charge in [-0.2, -0.15) is 0 Å². The fraction of sp³-hybridized carbons (Fsp3) is 0.462. The quantitative estimate of drug-likeness (QED) is 0.601. The molecule has 1 N–H and O–H groups in total. The van der Waals surface area contributed by atoms with Crippen LogP contribution in [0.2, 0.25) is 0 Å². The lowest BCUT2D eigenvalue weighted by Crippen LogP contribution is -2.44. The lowest BCUT2D eigenvalue weighted by atomic mass is 10.0. The summed E-state index contributed by atoms with van der Waals surface area (Å²) in [7, 11) is 0. The summed E-state index contributed by atoms with van der Waals surface area (Å²) in [6, 6.07) is 12.2. The van der Waals surface area contributed by atoms with Gasteiger partial charge in [-0.1, -0.05) is 44.2 Å². The van der Waals surface area contributed by atoms with Gasteiger partial charge in [-0.3, -0.25) is 9.59 Å². The van der Waals surface area contributed by atoms with Crippen molar-refractivity contribution in [3.05, 3.63) is 59.8 Å². The fourth-order valence-electron chi connectivity index (χ4n) is 3.98. The predicted molar refractivity (Wildman–Crippen MR) is 130 cm³/mol. The minimum absolute atomic E-state index is 0.101. The van der Waals surface area contributed by atoms with Crippen LogP contribution in [0.3, 0.4) is 0 Å². The van der Waals surface area contributed by atoms with Crippen molar-refractivity contribution in [2.75, 3.05) is 37.7 Å². The van der Waals surface area contributed by atoms with Crippen LogP contribution in [0.1, 0.15) is 55.6 Å². The summed E-state index contributed by atoms with van der Waals surface area (Å²) in [5.74, 6) is 0.351. The van der Waals surface area contributed by atoms with E-state index in [0.29, 0.717) is 38.2 Å². The number of aromatic nitrogens is 1. The number of pyridine rings is 1. The number of rotatable bonds is 8. The largest absolute Gasteiger partial charge is 0.462 e. The molecule has 3 rings (SSSR count). The molecule has 0 saturated carbocycles. The molecule has 0 radical (unpaired) electrons. The lowest BCUT2D eigenvalue weighted by molar-refractivity contribution is -0.136. The summed E-state index contributed by atoms with van der Waals surface area (Å²) >= 11 is 0. The molecular formula is C26H34N4O4. The molecule has 2 heterocycles. The summed E-state index contributed by atoms with van der Waals surface area (Å²) < 4.78 is 5.01. The van der Waals surface area contributed by atoms with Crippen molar-refractivity contribution in [3.8, 4) is 0 Å². The summed E-state index contributed by atoms with van der Waals surface area (Å²) in [5.41, 5.74) is 1.20. The first-order valence-electron chi connectivity index (χ1n) is 11.9. The molecule has 0 bridgehead atoms. The molecule has 1 saturated heterocycles. The van der Waals surface area contributed by atoms with E-state index in [4.69, 9.17) is 4.74 Å². The van der Waals surface area contributed by atoms with E-state index in [-0.39, 0.29) is 23.7 Å². The highest BCUT2D eigenvalue weighted by molar-refractivity contribution is 5.89. The molecule has 8 nitrogen and oxygen atoms in total. The molecule has 1 unspecified atom stereocenters. The Labute approximate surface area is 201 Å². The molecule has 1 aromatic heterocycles. The molecule has 1 aromatic carbocycles. The molecule has 1 aliphatic rings. The van der Waals surface area contributed by atoms with Crippen LogP contribution >= 0.6 is 0 Å². The van der Waals surface area contributed by atoms with Gasteiger partial charge in [0.1, 0.15) is 11.9 Å². The van der Waals surface area contributed by atoms with Gasteiger partial charge in [0.2, 0.25) is 11.8 Å². The molecule has 0 spiro atoms. The second kappa shape index (κ2) is 12.2. The van der Waals surface area contributed by atoms with Crippen LogP contribution in [0.5, 0.6) is 0 Å². The molecule has 8 heteroatoms. The Morgan fingerprint density at radius 1 is 1.03 bits per heavy atom. The average Bonchev–Trinajstić information content (AvgIpc) is 3.09. The van der Waals surface area contributed by atoms with Crippen molar-refractivity contribution in [2.24, 2.45) is 5.92 Å². The molecule has 1 aliphatic heterocycles. The van der Waals surface area contributed by atoms with Gasteiger partial charge in [0, 0.05) is 38.8 Å². The third kappa shape index (κ3) is 6.79. The van der Waals surface area contributed by atoms with E-state index in [1.807, 2.05) is 55.1 Å². The van der Waals surface area contributed by atoms with Gasteiger partial charge in [0.25, 0.3) is 0 Å². The van der Waals surface area contributed by atoms with Crippen LogP contribution in [0, 0.1) is 5.92 Å². The van der Waals surface area contributed by atoms with Gasteiger partial charge >= 0.3 is 5.97 Å². The van der Waals surface area contributed by atoms with Crippen molar-refractivity contribution in [3.63, 3.8) is 0 Å². The van der Waals surface area contributed by atoms with Gasteiger partial charge in [0.15, 0.2) is 0 Å². The molecule has 2 aromatic rings. The first kappa shape index (κ1) is 25.2. The molecule has 34 heavy (non-hydrogen) atoms. The van der Waals surface area contributed by atoms with Crippen molar-refractivity contribution >= 4 is 23.6 Å². The Kier molecular flexibility index (Phi) is 9.01. The van der Waals surface area contributed by atoms with Gasteiger partial charge in [-0.25, -0.2) is 9.78 Å². The SMILES string of the molecule is CCOC(=O)c1ccc(N2CCCN(C(=O)C(NC(=O)CC(C)C)c3ccccc3)CC2)nc1. The third-order valence-corrected chi connectivity index (χ3v) is 5.67. The zero-order valence-electron chi connectivity index (χ0n) is 20.2. The number of nitrogens with one attached hydrogen (secondary N) is 1. The monoisotopic (exact) mass is 466 g/mol. The number of esters is 1.